The van der Waals surface area contributed by atoms with Gasteiger partial charge in [0.15, 0.2) is 0 Å². The summed E-state index contributed by atoms with van der Waals surface area (Å²) in [6.07, 6.45) is 6.21. The second-order valence-electron chi connectivity index (χ2n) is 5.97. The molecule has 2 atom stereocenters. The van der Waals surface area contributed by atoms with Crippen molar-refractivity contribution in [2.75, 3.05) is 18.0 Å². The van der Waals surface area contributed by atoms with Gasteiger partial charge in [0.25, 0.3) is 0 Å². The van der Waals surface area contributed by atoms with E-state index in [0.29, 0.717) is 6.54 Å². The molecule has 2 aromatic rings. The quantitative estimate of drug-likeness (QED) is 0.824. The summed E-state index contributed by atoms with van der Waals surface area (Å²) in [5, 5.41) is 4.10. The summed E-state index contributed by atoms with van der Waals surface area (Å²) in [7, 11) is 0. The molecule has 0 saturated carbocycles. The minimum atomic E-state index is 0.156. The van der Waals surface area contributed by atoms with E-state index in [4.69, 9.17) is 0 Å². The van der Waals surface area contributed by atoms with E-state index in [2.05, 4.69) is 20.0 Å². The summed E-state index contributed by atoms with van der Waals surface area (Å²) in [5.41, 5.74) is 0.968. The van der Waals surface area contributed by atoms with Gasteiger partial charge >= 0.3 is 0 Å². The Labute approximate surface area is 128 Å². The van der Waals surface area contributed by atoms with E-state index in [1.165, 1.54) is 0 Å². The summed E-state index contributed by atoms with van der Waals surface area (Å²) in [5.74, 6) is 1.12. The van der Waals surface area contributed by atoms with Crippen LogP contribution in [0.4, 0.5) is 5.82 Å². The SMILES string of the molecule is Cc1cc(N2CC3CC(C2)N3C(=O)Cn2cccn2)ncn1. The molecule has 22 heavy (non-hydrogen) atoms. The highest BCUT2D eigenvalue weighted by atomic mass is 16.2. The lowest BCUT2D eigenvalue weighted by molar-refractivity contribution is -0.147. The van der Waals surface area contributed by atoms with E-state index in [1.807, 2.05) is 30.2 Å². The lowest BCUT2D eigenvalue weighted by Crippen LogP contribution is -2.70. The molecule has 5 rings (SSSR count). The van der Waals surface area contributed by atoms with E-state index in [-0.39, 0.29) is 18.0 Å². The Morgan fingerprint density at radius 3 is 2.82 bits per heavy atom. The first-order valence-corrected chi connectivity index (χ1v) is 7.53. The number of nitrogens with zero attached hydrogens (tertiary/aromatic N) is 6. The third kappa shape index (κ3) is 2.22. The average Bonchev–Trinajstić information content (AvgIpc) is 3.00. The van der Waals surface area contributed by atoms with Crippen molar-refractivity contribution in [3.63, 3.8) is 0 Å². The first-order valence-electron chi connectivity index (χ1n) is 7.53. The third-order valence-corrected chi connectivity index (χ3v) is 4.45. The molecule has 114 valence electrons. The number of amides is 1. The van der Waals surface area contributed by atoms with Crippen LogP contribution < -0.4 is 4.90 Å². The molecular weight excluding hydrogens is 280 g/mol. The van der Waals surface area contributed by atoms with E-state index in [9.17, 15) is 4.79 Å². The summed E-state index contributed by atoms with van der Waals surface area (Å²) < 4.78 is 1.68. The van der Waals surface area contributed by atoms with Crippen molar-refractivity contribution in [2.45, 2.75) is 32.0 Å². The van der Waals surface area contributed by atoms with Crippen LogP contribution in [-0.4, -0.2) is 55.7 Å². The Balaban J connectivity index is 1.43. The predicted octanol–water partition coefficient (Wildman–Crippen LogP) is 0.471. The first-order chi connectivity index (χ1) is 10.7. The van der Waals surface area contributed by atoms with Crippen LogP contribution in [0.25, 0.3) is 0 Å². The van der Waals surface area contributed by atoms with Gasteiger partial charge in [-0.15, -0.1) is 0 Å². The highest BCUT2D eigenvalue weighted by Gasteiger charge is 2.47. The normalized spacial score (nSPS) is 23.3. The van der Waals surface area contributed by atoms with Gasteiger partial charge in [0.2, 0.25) is 5.91 Å². The minimum Gasteiger partial charge on any atom is -0.352 e. The Morgan fingerprint density at radius 2 is 2.14 bits per heavy atom. The molecule has 0 radical (unpaired) electrons. The molecule has 3 saturated heterocycles. The zero-order chi connectivity index (χ0) is 15.1. The zero-order valence-corrected chi connectivity index (χ0v) is 12.5. The zero-order valence-electron chi connectivity index (χ0n) is 12.5. The van der Waals surface area contributed by atoms with Gasteiger partial charge in [0.05, 0.1) is 12.1 Å². The van der Waals surface area contributed by atoms with Crippen molar-refractivity contribution in [1.29, 1.82) is 0 Å². The fourth-order valence-corrected chi connectivity index (χ4v) is 3.43. The molecule has 2 aromatic heterocycles. The van der Waals surface area contributed by atoms with Gasteiger partial charge < -0.3 is 9.80 Å². The highest BCUT2D eigenvalue weighted by molar-refractivity contribution is 5.78. The lowest BCUT2D eigenvalue weighted by Gasteiger charge is -2.56. The maximum absolute atomic E-state index is 12.4. The van der Waals surface area contributed by atoms with Gasteiger partial charge in [-0.25, -0.2) is 9.97 Å². The number of hydrogen-bond donors (Lipinski definition) is 0. The van der Waals surface area contributed by atoms with E-state index >= 15 is 0 Å². The fourth-order valence-electron chi connectivity index (χ4n) is 3.43. The van der Waals surface area contributed by atoms with Crippen LogP contribution in [0.1, 0.15) is 12.1 Å². The molecule has 0 aliphatic carbocycles. The van der Waals surface area contributed by atoms with Gasteiger partial charge in [-0.1, -0.05) is 0 Å². The largest absolute Gasteiger partial charge is 0.352 e. The molecule has 7 nitrogen and oxygen atoms in total. The van der Waals surface area contributed by atoms with Crippen molar-refractivity contribution >= 4 is 11.7 Å². The van der Waals surface area contributed by atoms with Crippen LogP contribution in [0.2, 0.25) is 0 Å². The molecule has 5 heterocycles. The monoisotopic (exact) mass is 298 g/mol. The molecular formula is C15H18N6O. The standard InChI is InChI=1S/C15H18N6O/c1-11-5-14(17-10-16-11)19-7-12-6-13(8-19)21(12)15(22)9-20-4-2-3-18-20/h2-5,10,12-13H,6-9H2,1H3. The van der Waals surface area contributed by atoms with E-state index in [0.717, 1.165) is 31.0 Å². The second kappa shape index (κ2) is 5.08. The van der Waals surface area contributed by atoms with Crippen LogP contribution in [-0.2, 0) is 11.3 Å². The number of carbonyl (C=O) groups is 1. The van der Waals surface area contributed by atoms with Crippen molar-refractivity contribution in [1.82, 2.24) is 24.6 Å². The topological polar surface area (TPSA) is 67.2 Å². The molecule has 1 amide bonds. The van der Waals surface area contributed by atoms with Gasteiger partial charge in [0, 0.05) is 37.2 Å². The Morgan fingerprint density at radius 1 is 1.32 bits per heavy atom. The van der Waals surface area contributed by atoms with Gasteiger partial charge in [-0.2, -0.15) is 5.10 Å². The fraction of sp³-hybridized carbons (Fsp3) is 0.467. The maximum Gasteiger partial charge on any atom is 0.244 e. The number of anilines is 1. The number of rotatable bonds is 3. The van der Waals surface area contributed by atoms with Crippen LogP contribution in [0.5, 0.6) is 0 Å². The molecule has 0 aromatic carbocycles. The number of fused-ring (bicyclic) bond motifs is 2. The lowest BCUT2D eigenvalue weighted by atomic mass is 9.87. The molecule has 0 spiro atoms. The minimum absolute atomic E-state index is 0.156. The maximum atomic E-state index is 12.4. The van der Waals surface area contributed by atoms with E-state index < -0.39 is 0 Å². The number of carbonyl (C=O) groups excluding carboxylic acids is 1. The first kappa shape index (κ1) is 13.2. The van der Waals surface area contributed by atoms with Gasteiger partial charge in [-0.05, 0) is 19.4 Å². The Hall–Kier alpha value is -2.44. The summed E-state index contributed by atoms with van der Waals surface area (Å²) in [6.45, 7) is 3.98. The average molecular weight is 298 g/mol. The Kier molecular flexibility index (Phi) is 3.06. The van der Waals surface area contributed by atoms with Crippen molar-refractivity contribution in [2.24, 2.45) is 0 Å². The molecule has 0 N–H and O–H groups in total. The third-order valence-electron chi connectivity index (χ3n) is 4.45. The summed E-state index contributed by atoms with van der Waals surface area (Å²) in [6, 6.07) is 4.42. The number of piperidine rings is 1. The molecule has 7 heteroatoms. The smallest absolute Gasteiger partial charge is 0.244 e. The second-order valence-corrected chi connectivity index (χ2v) is 5.97. The summed E-state index contributed by atoms with van der Waals surface area (Å²) in [4.78, 5) is 25.2. The number of aromatic nitrogens is 4. The Bertz CT molecular complexity index is 673. The molecule has 2 bridgehead atoms. The number of hydrogen-bond acceptors (Lipinski definition) is 5. The molecule has 3 aliphatic rings. The molecule has 3 aliphatic heterocycles. The predicted molar refractivity (Wildman–Crippen MR) is 80.2 cm³/mol. The molecule has 3 fully saturated rings. The van der Waals surface area contributed by atoms with Gasteiger partial charge in [-0.3, -0.25) is 9.48 Å². The van der Waals surface area contributed by atoms with Crippen LogP contribution in [0.15, 0.2) is 30.9 Å². The van der Waals surface area contributed by atoms with Crippen molar-refractivity contribution in [3.8, 4) is 0 Å². The highest BCUT2D eigenvalue weighted by Crippen LogP contribution is 2.34. The number of aryl methyl sites for hydroxylation is 1. The van der Waals surface area contributed by atoms with Crippen molar-refractivity contribution < 1.29 is 4.79 Å². The number of piperazine rings is 1. The van der Waals surface area contributed by atoms with Crippen LogP contribution in [0, 0.1) is 6.92 Å². The molecule has 2 unspecified atom stereocenters. The van der Waals surface area contributed by atoms with Crippen molar-refractivity contribution in [3.05, 3.63) is 36.5 Å². The van der Waals surface area contributed by atoms with Crippen LogP contribution >= 0.6 is 0 Å². The van der Waals surface area contributed by atoms with Gasteiger partial charge in [0.1, 0.15) is 18.7 Å². The van der Waals surface area contributed by atoms with Crippen LogP contribution in [0.3, 0.4) is 0 Å². The summed E-state index contributed by atoms with van der Waals surface area (Å²) >= 11 is 0. The van der Waals surface area contributed by atoms with E-state index in [1.54, 1.807) is 17.2 Å².